The molecule has 0 aliphatic carbocycles. The molecule has 0 aliphatic heterocycles. The van der Waals surface area contributed by atoms with Crippen molar-refractivity contribution < 1.29 is 9.90 Å². The van der Waals surface area contributed by atoms with Gasteiger partial charge in [0.05, 0.1) is 11.0 Å². The molecule has 0 radical (unpaired) electrons. The molecule has 0 fully saturated rings. The van der Waals surface area contributed by atoms with E-state index in [1.807, 2.05) is 6.92 Å². The van der Waals surface area contributed by atoms with Crippen molar-refractivity contribution in [2.24, 2.45) is 0 Å². The summed E-state index contributed by atoms with van der Waals surface area (Å²) in [5, 5.41) is 8.84. The summed E-state index contributed by atoms with van der Waals surface area (Å²) in [6.07, 6.45) is 0. The predicted molar refractivity (Wildman–Crippen MR) is 60.1 cm³/mol. The number of nitrogens with zero attached hydrogens (tertiary/aromatic N) is 2. The second kappa shape index (κ2) is 3.34. The second-order valence-corrected chi connectivity index (χ2v) is 3.46. The maximum absolute atomic E-state index is 10.8. The average molecular weight is 218 g/mol. The van der Waals surface area contributed by atoms with Gasteiger partial charge in [-0.25, -0.2) is 14.8 Å². The Labute approximate surface area is 90.9 Å². The van der Waals surface area contributed by atoms with E-state index in [4.69, 9.17) is 16.6 Å². The summed E-state index contributed by atoms with van der Waals surface area (Å²) in [6, 6.07) is 3.31. The van der Waals surface area contributed by atoms with Gasteiger partial charge in [0.2, 0.25) is 0 Å². The molecule has 6 nitrogen and oxygen atoms in total. The fourth-order valence-corrected chi connectivity index (χ4v) is 1.39. The quantitative estimate of drug-likeness (QED) is 0.610. The number of carboxylic acids is 1. The Balaban J connectivity index is 2.79. The monoisotopic (exact) mass is 218 g/mol. The van der Waals surface area contributed by atoms with Gasteiger partial charge in [-0.15, -0.1) is 0 Å². The summed E-state index contributed by atoms with van der Waals surface area (Å²) in [4.78, 5) is 18.7. The number of hydrogen-bond acceptors (Lipinski definition) is 5. The number of rotatable bonds is 1. The molecule has 0 unspecified atom stereocenters. The van der Waals surface area contributed by atoms with Gasteiger partial charge in [0, 0.05) is 5.69 Å². The van der Waals surface area contributed by atoms with Crippen molar-refractivity contribution in [3.8, 4) is 0 Å². The standard InChI is InChI=1S/C10H10N4O2/c1-4-2-6-7(3-5(4)11)14-9(12)8(13-6)10(15)16/h2-3H,11H2,1H3,(H2,12,14)(H,15,16). The summed E-state index contributed by atoms with van der Waals surface area (Å²) >= 11 is 0. The number of aryl methyl sites for hydroxylation is 1. The highest BCUT2D eigenvalue weighted by molar-refractivity contribution is 5.93. The Hall–Kier alpha value is -2.37. The molecule has 1 aromatic carbocycles. The third-order valence-electron chi connectivity index (χ3n) is 2.28. The van der Waals surface area contributed by atoms with Gasteiger partial charge in [-0.1, -0.05) is 0 Å². The lowest BCUT2D eigenvalue weighted by Crippen LogP contribution is -2.08. The highest BCUT2D eigenvalue weighted by atomic mass is 16.4. The maximum atomic E-state index is 10.8. The molecule has 0 saturated heterocycles. The van der Waals surface area contributed by atoms with Crippen LogP contribution in [0.4, 0.5) is 11.5 Å². The molecule has 82 valence electrons. The number of nitrogens with two attached hydrogens (primary N) is 2. The minimum Gasteiger partial charge on any atom is -0.476 e. The van der Waals surface area contributed by atoms with E-state index in [-0.39, 0.29) is 11.5 Å². The van der Waals surface area contributed by atoms with Crippen molar-refractivity contribution in [3.63, 3.8) is 0 Å². The fraction of sp³-hybridized carbons (Fsp3) is 0.100. The van der Waals surface area contributed by atoms with Crippen LogP contribution in [0.3, 0.4) is 0 Å². The first kappa shape index (κ1) is 10.2. The molecular formula is C10H10N4O2. The fourth-order valence-electron chi connectivity index (χ4n) is 1.39. The van der Waals surface area contributed by atoms with Crippen molar-refractivity contribution in [2.75, 3.05) is 11.5 Å². The van der Waals surface area contributed by atoms with Gasteiger partial charge in [0.25, 0.3) is 0 Å². The van der Waals surface area contributed by atoms with Crippen LogP contribution in [0.2, 0.25) is 0 Å². The van der Waals surface area contributed by atoms with E-state index in [2.05, 4.69) is 9.97 Å². The zero-order valence-corrected chi connectivity index (χ0v) is 8.56. The first-order valence-corrected chi connectivity index (χ1v) is 4.55. The van der Waals surface area contributed by atoms with Gasteiger partial charge in [0.15, 0.2) is 11.5 Å². The molecule has 0 aliphatic rings. The molecule has 1 aromatic heterocycles. The van der Waals surface area contributed by atoms with Crippen molar-refractivity contribution in [3.05, 3.63) is 23.4 Å². The van der Waals surface area contributed by atoms with Crippen LogP contribution >= 0.6 is 0 Å². The highest BCUT2D eigenvalue weighted by Gasteiger charge is 2.13. The number of anilines is 2. The molecule has 0 saturated carbocycles. The highest BCUT2D eigenvalue weighted by Crippen LogP contribution is 2.20. The first-order chi connectivity index (χ1) is 7.49. The van der Waals surface area contributed by atoms with Crippen molar-refractivity contribution in [1.29, 1.82) is 0 Å². The number of benzene rings is 1. The number of aromatic carboxylic acids is 1. The smallest absolute Gasteiger partial charge is 0.358 e. The predicted octanol–water partition coefficient (Wildman–Crippen LogP) is 0.801. The normalized spacial score (nSPS) is 10.6. The van der Waals surface area contributed by atoms with Gasteiger partial charge < -0.3 is 16.6 Å². The number of aromatic nitrogens is 2. The molecular weight excluding hydrogens is 208 g/mol. The molecule has 2 rings (SSSR count). The number of carboxylic acid groups (broad SMARTS) is 1. The Morgan fingerprint density at radius 2 is 1.88 bits per heavy atom. The van der Waals surface area contributed by atoms with E-state index in [1.165, 1.54) is 0 Å². The van der Waals surface area contributed by atoms with E-state index in [0.717, 1.165) is 5.56 Å². The zero-order chi connectivity index (χ0) is 11.9. The summed E-state index contributed by atoms with van der Waals surface area (Å²) in [7, 11) is 0. The molecule has 0 atom stereocenters. The Morgan fingerprint density at radius 1 is 1.25 bits per heavy atom. The van der Waals surface area contributed by atoms with Crippen LogP contribution < -0.4 is 11.5 Å². The molecule has 2 aromatic rings. The lowest BCUT2D eigenvalue weighted by Gasteiger charge is -2.05. The van der Waals surface area contributed by atoms with Crippen LogP contribution in [0, 0.1) is 6.92 Å². The second-order valence-electron chi connectivity index (χ2n) is 3.46. The average Bonchev–Trinajstić information content (AvgIpc) is 2.19. The van der Waals surface area contributed by atoms with Crippen LogP contribution in [0.1, 0.15) is 16.1 Å². The minimum atomic E-state index is -1.19. The van der Waals surface area contributed by atoms with Crippen LogP contribution in [0.25, 0.3) is 11.0 Å². The third kappa shape index (κ3) is 1.50. The molecule has 5 N–H and O–H groups in total. The summed E-state index contributed by atoms with van der Waals surface area (Å²) in [5.74, 6) is -1.30. The van der Waals surface area contributed by atoms with Gasteiger partial charge in [-0.3, -0.25) is 0 Å². The van der Waals surface area contributed by atoms with Gasteiger partial charge >= 0.3 is 5.97 Å². The van der Waals surface area contributed by atoms with Gasteiger partial charge in [-0.2, -0.15) is 0 Å². The van der Waals surface area contributed by atoms with Gasteiger partial charge in [-0.05, 0) is 24.6 Å². The summed E-state index contributed by atoms with van der Waals surface area (Å²) < 4.78 is 0. The van der Waals surface area contributed by atoms with E-state index < -0.39 is 5.97 Å². The Kier molecular flexibility index (Phi) is 2.12. The SMILES string of the molecule is Cc1cc2nc(C(=O)O)c(N)nc2cc1N. The first-order valence-electron chi connectivity index (χ1n) is 4.55. The molecule has 0 bridgehead atoms. The van der Waals surface area contributed by atoms with Crippen LogP contribution in [-0.2, 0) is 0 Å². The van der Waals surface area contributed by atoms with E-state index in [9.17, 15) is 4.79 Å². The lowest BCUT2D eigenvalue weighted by molar-refractivity contribution is 0.0692. The van der Waals surface area contributed by atoms with Crippen LogP contribution in [-0.4, -0.2) is 21.0 Å². The van der Waals surface area contributed by atoms with E-state index in [0.29, 0.717) is 16.7 Å². The van der Waals surface area contributed by atoms with E-state index >= 15 is 0 Å². The maximum Gasteiger partial charge on any atom is 0.358 e. The third-order valence-corrected chi connectivity index (χ3v) is 2.28. The number of hydrogen-bond donors (Lipinski definition) is 3. The Morgan fingerprint density at radius 3 is 2.50 bits per heavy atom. The molecule has 0 amide bonds. The molecule has 6 heteroatoms. The number of fused-ring (bicyclic) bond motifs is 1. The zero-order valence-electron chi connectivity index (χ0n) is 8.56. The topological polar surface area (TPSA) is 115 Å². The largest absolute Gasteiger partial charge is 0.476 e. The minimum absolute atomic E-state index is 0.108. The Bertz CT molecular complexity index is 595. The number of nitrogen functional groups attached to an aromatic ring is 2. The lowest BCUT2D eigenvalue weighted by atomic mass is 10.1. The van der Waals surface area contributed by atoms with E-state index in [1.54, 1.807) is 12.1 Å². The summed E-state index contributed by atoms with van der Waals surface area (Å²) in [5.41, 5.74) is 13.3. The molecule has 0 spiro atoms. The van der Waals surface area contributed by atoms with Crippen molar-refractivity contribution in [2.45, 2.75) is 6.92 Å². The molecule has 16 heavy (non-hydrogen) atoms. The number of carbonyl (C=O) groups is 1. The van der Waals surface area contributed by atoms with Crippen LogP contribution in [0.15, 0.2) is 12.1 Å². The summed E-state index contributed by atoms with van der Waals surface area (Å²) in [6.45, 7) is 1.81. The van der Waals surface area contributed by atoms with Gasteiger partial charge in [0.1, 0.15) is 0 Å². The molecule has 1 heterocycles. The van der Waals surface area contributed by atoms with Crippen LogP contribution in [0.5, 0.6) is 0 Å². The van der Waals surface area contributed by atoms with Crippen molar-refractivity contribution in [1.82, 2.24) is 9.97 Å². The van der Waals surface area contributed by atoms with Crippen molar-refractivity contribution >= 4 is 28.5 Å².